The Morgan fingerprint density at radius 2 is 1.85 bits per heavy atom. The van der Waals surface area contributed by atoms with Gasteiger partial charge in [0.1, 0.15) is 32.5 Å². The highest BCUT2D eigenvalue weighted by atomic mass is 32.2. The Kier molecular flexibility index (Phi) is 7.19. The van der Waals surface area contributed by atoms with Crippen LogP contribution < -0.4 is 21.0 Å². The molecular weight excluding hydrogens is 530 g/mol. The molecular formula is C29H33N5O5S. The molecule has 40 heavy (non-hydrogen) atoms. The molecule has 1 aliphatic heterocycles. The normalized spacial score (nSPS) is 13.3. The van der Waals surface area contributed by atoms with E-state index >= 15 is 0 Å². The number of nitrogens with one attached hydrogen (secondary N) is 3. The molecule has 0 bridgehead atoms. The Bertz CT molecular complexity index is 1790. The molecule has 1 aliphatic rings. The summed E-state index contributed by atoms with van der Waals surface area (Å²) in [4.78, 5) is 28.7. The second-order valence-electron chi connectivity index (χ2n) is 10.3. The van der Waals surface area contributed by atoms with Crippen LogP contribution in [0.1, 0.15) is 34.1 Å². The third-order valence-electron chi connectivity index (χ3n) is 7.03. The van der Waals surface area contributed by atoms with Gasteiger partial charge in [-0.15, -0.1) is 0 Å². The Morgan fingerprint density at radius 3 is 2.52 bits per heavy atom. The summed E-state index contributed by atoms with van der Waals surface area (Å²) in [5, 5.41) is 5.23. The first-order chi connectivity index (χ1) is 18.9. The molecule has 2 aromatic heterocycles. The van der Waals surface area contributed by atoms with Crippen LogP contribution in [-0.2, 0) is 23.4 Å². The lowest BCUT2D eigenvalue weighted by atomic mass is 9.99. The number of para-hydroxylation sites is 1. The van der Waals surface area contributed by atoms with E-state index in [-0.39, 0.29) is 17.2 Å². The second-order valence-corrected chi connectivity index (χ2v) is 12.5. The van der Waals surface area contributed by atoms with Crippen molar-refractivity contribution in [3.63, 3.8) is 0 Å². The number of aromatic nitrogens is 2. The lowest BCUT2D eigenvalue weighted by Gasteiger charge is -2.18. The highest BCUT2D eigenvalue weighted by Crippen LogP contribution is 2.43. The van der Waals surface area contributed by atoms with E-state index < -0.39 is 9.84 Å². The van der Waals surface area contributed by atoms with E-state index in [9.17, 15) is 18.0 Å². The number of aromatic amines is 1. The summed E-state index contributed by atoms with van der Waals surface area (Å²) >= 11 is 0. The van der Waals surface area contributed by atoms with Crippen molar-refractivity contribution in [2.45, 2.75) is 27.3 Å². The van der Waals surface area contributed by atoms with Crippen molar-refractivity contribution in [3.8, 4) is 22.6 Å². The van der Waals surface area contributed by atoms with Gasteiger partial charge in [-0.3, -0.25) is 9.59 Å². The van der Waals surface area contributed by atoms with E-state index in [1.54, 1.807) is 19.3 Å². The standard InChI is InChI=1S/C29H33N5O5S/c1-6-30-28(35)24-14-21-22(16-33(4)29(36)26(21)31-24)20-13-23-19(15-34(32-23)10-11-40(5,37)38)12-25(20)39-27-17(2)8-7-9-18(27)3/h7-9,12-14,16,31-32H,6,10-11,15H2,1-5H3,(H,30,35). The highest BCUT2D eigenvalue weighted by Gasteiger charge is 2.25. The van der Waals surface area contributed by atoms with Crippen LogP contribution in [0.15, 0.2) is 47.4 Å². The van der Waals surface area contributed by atoms with Crippen LogP contribution in [0.3, 0.4) is 0 Å². The SMILES string of the molecule is CCNC(=O)c1cc2c(-c3cc4c(cc3Oc3c(C)cccc3C)CN(CCS(C)(=O)=O)N4)cn(C)c(=O)c2[nH]1. The molecule has 0 saturated carbocycles. The van der Waals surface area contributed by atoms with Crippen molar-refractivity contribution < 1.29 is 17.9 Å². The Balaban J connectivity index is 1.68. The van der Waals surface area contributed by atoms with Gasteiger partial charge in [0.15, 0.2) is 0 Å². The van der Waals surface area contributed by atoms with Crippen LogP contribution in [0.4, 0.5) is 5.69 Å². The minimum atomic E-state index is -3.13. The summed E-state index contributed by atoms with van der Waals surface area (Å²) in [6, 6.07) is 11.6. The highest BCUT2D eigenvalue weighted by molar-refractivity contribution is 7.90. The number of rotatable bonds is 8. The molecule has 2 aromatic carbocycles. The zero-order valence-electron chi connectivity index (χ0n) is 23.2. The van der Waals surface area contributed by atoms with Crippen LogP contribution in [-0.4, -0.2) is 54.0 Å². The number of hydrogen-bond acceptors (Lipinski definition) is 7. The number of H-pyrrole nitrogens is 1. The Hall–Kier alpha value is -4.09. The average Bonchev–Trinajstić information content (AvgIpc) is 3.51. The van der Waals surface area contributed by atoms with Gasteiger partial charge in [0.25, 0.3) is 11.5 Å². The molecule has 4 aromatic rings. The van der Waals surface area contributed by atoms with E-state index in [1.165, 1.54) is 10.8 Å². The number of aryl methyl sites for hydroxylation is 3. The lowest BCUT2D eigenvalue weighted by molar-refractivity contribution is 0.0951. The first-order valence-electron chi connectivity index (χ1n) is 13.1. The van der Waals surface area contributed by atoms with E-state index in [0.29, 0.717) is 47.5 Å². The number of nitrogens with zero attached hydrogens (tertiary/aromatic N) is 2. The van der Waals surface area contributed by atoms with Gasteiger partial charge in [-0.25, -0.2) is 13.4 Å². The fourth-order valence-corrected chi connectivity index (χ4v) is 5.53. The topological polar surface area (TPSA) is 126 Å². The van der Waals surface area contributed by atoms with Gasteiger partial charge in [-0.1, -0.05) is 18.2 Å². The molecule has 1 amide bonds. The van der Waals surface area contributed by atoms with Crippen molar-refractivity contribution in [1.29, 1.82) is 0 Å². The molecule has 210 valence electrons. The predicted octanol–water partition coefficient (Wildman–Crippen LogP) is 3.88. The number of sulfone groups is 1. The minimum Gasteiger partial charge on any atom is -0.456 e. The third-order valence-corrected chi connectivity index (χ3v) is 7.96. The average molecular weight is 564 g/mol. The summed E-state index contributed by atoms with van der Waals surface area (Å²) < 4.78 is 31.6. The largest absolute Gasteiger partial charge is 0.456 e. The van der Waals surface area contributed by atoms with Crippen molar-refractivity contribution in [1.82, 2.24) is 19.9 Å². The smallest absolute Gasteiger partial charge is 0.274 e. The summed E-state index contributed by atoms with van der Waals surface area (Å²) in [5.74, 6) is 1.06. The van der Waals surface area contributed by atoms with E-state index in [1.807, 2.05) is 56.1 Å². The maximum absolute atomic E-state index is 13.1. The first-order valence-corrected chi connectivity index (χ1v) is 15.1. The van der Waals surface area contributed by atoms with Gasteiger partial charge in [0.2, 0.25) is 0 Å². The molecule has 0 fully saturated rings. The summed E-state index contributed by atoms with van der Waals surface area (Å²) in [6.45, 7) is 7.09. The summed E-state index contributed by atoms with van der Waals surface area (Å²) in [7, 11) is -1.46. The second kappa shape index (κ2) is 10.5. The van der Waals surface area contributed by atoms with Gasteiger partial charge in [0, 0.05) is 55.6 Å². The fraction of sp³-hybridized carbons (Fsp3) is 0.310. The predicted molar refractivity (Wildman–Crippen MR) is 157 cm³/mol. The number of carbonyl (C=O) groups excluding carboxylic acids is 1. The van der Waals surface area contributed by atoms with Gasteiger partial charge < -0.3 is 25.0 Å². The van der Waals surface area contributed by atoms with Crippen molar-refractivity contribution >= 4 is 32.3 Å². The van der Waals surface area contributed by atoms with E-state index in [4.69, 9.17) is 4.74 Å². The summed E-state index contributed by atoms with van der Waals surface area (Å²) in [6.07, 6.45) is 2.97. The van der Waals surface area contributed by atoms with Gasteiger partial charge >= 0.3 is 0 Å². The maximum atomic E-state index is 13.1. The van der Waals surface area contributed by atoms with Crippen molar-refractivity contribution in [2.75, 3.05) is 30.5 Å². The number of fused-ring (bicyclic) bond motifs is 2. The molecule has 0 spiro atoms. The van der Waals surface area contributed by atoms with Crippen LogP contribution in [0.5, 0.6) is 11.5 Å². The molecule has 5 rings (SSSR count). The first kappa shape index (κ1) is 27.5. The molecule has 10 nitrogen and oxygen atoms in total. The van der Waals surface area contributed by atoms with Gasteiger partial charge in [-0.2, -0.15) is 0 Å². The van der Waals surface area contributed by atoms with Crippen LogP contribution in [0.2, 0.25) is 0 Å². The minimum absolute atomic E-state index is 0.0278. The number of amides is 1. The quantitative estimate of drug-likeness (QED) is 0.297. The van der Waals surface area contributed by atoms with E-state index in [0.717, 1.165) is 33.7 Å². The third kappa shape index (κ3) is 5.34. The molecule has 0 radical (unpaired) electrons. The molecule has 0 atom stereocenters. The van der Waals surface area contributed by atoms with Crippen LogP contribution in [0, 0.1) is 13.8 Å². The number of ether oxygens (including phenoxy) is 1. The maximum Gasteiger partial charge on any atom is 0.274 e. The van der Waals surface area contributed by atoms with Crippen LogP contribution in [0.25, 0.3) is 22.0 Å². The molecule has 3 heterocycles. The molecule has 0 aliphatic carbocycles. The molecule has 11 heteroatoms. The number of anilines is 1. The summed E-state index contributed by atoms with van der Waals surface area (Å²) in [5.41, 5.74) is 8.85. The van der Waals surface area contributed by atoms with Crippen LogP contribution >= 0.6 is 0 Å². The zero-order chi connectivity index (χ0) is 28.8. The molecule has 0 saturated heterocycles. The van der Waals surface area contributed by atoms with E-state index in [2.05, 4.69) is 15.7 Å². The lowest BCUT2D eigenvalue weighted by Crippen LogP contribution is -2.29. The number of benzene rings is 2. The van der Waals surface area contributed by atoms with Gasteiger partial charge in [0.05, 0.1) is 11.4 Å². The molecule has 0 unspecified atom stereocenters. The number of hydrogen-bond donors (Lipinski definition) is 3. The Morgan fingerprint density at radius 1 is 1.12 bits per heavy atom. The molecule has 3 N–H and O–H groups in total. The number of hydrazine groups is 1. The van der Waals surface area contributed by atoms with Crippen molar-refractivity contribution in [3.05, 3.63) is 75.3 Å². The monoisotopic (exact) mass is 563 g/mol. The zero-order valence-corrected chi connectivity index (χ0v) is 24.0. The Labute approximate surface area is 232 Å². The van der Waals surface area contributed by atoms with Gasteiger partial charge in [-0.05, 0) is 55.7 Å². The number of pyridine rings is 1. The number of carbonyl (C=O) groups is 1. The fourth-order valence-electron chi connectivity index (χ4n) is 4.97. The van der Waals surface area contributed by atoms with Crippen molar-refractivity contribution in [2.24, 2.45) is 7.05 Å².